The van der Waals surface area contributed by atoms with Gasteiger partial charge in [-0.3, -0.25) is 9.13 Å². The maximum Gasteiger partial charge on any atom is 0.418 e. The summed E-state index contributed by atoms with van der Waals surface area (Å²) in [5.41, 5.74) is 1.66. The summed E-state index contributed by atoms with van der Waals surface area (Å²) in [6, 6.07) is 26.3. The highest BCUT2D eigenvalue weighted by molar-refractivity contribution is 5.81. The fraction of sp³-hybridized carbons (Fsp3) is 0.133. The summed E-state index contributed by atoms with van der Waals surface area (Å²) in [6.45, 7) is 1.81. The molecular formula is C30H23F3N6O. The summed E-state index contributed by atoms with van der Waals surface area (Å²) in [4.78, 5) is 18.4. The molecule has 0 bridgehead atoms. The third-order valence-electron chi connectivity index (χ3n) is 6.68. The number of hydrogen-bond acceptors (Lipinski definition) is 4. The second-order valence-electron chi connectivity index (χ2n) is 9.52. The zero-order chi connectivity index (χ0) is 27.9. The van der Waals surface area contributed by atoms with Crippen LogP contribution in [0.25, 0.3) is 28.1 Å². The molecule has 7 nitrogen and oxygen atoms in total. The third-order valence-corrected chi connectivity index (χ3v) is 6.68. The van der Waals surface area contributed by atoms with E-state index in [2.05, 4.69) is 15.3 Å². The molecule has 0 radical (unpaired) electrons. The van der Waals surface area contributed by atoms with Crippen LogP contribution in [0.2, 0.25) is 0 Å². The summed E-state index contributed by atoms with van der Waals surface area (Å²) in [5.74, 6) is 0. The molecular weight excluding hydrogens is 517 g/mol. The number of alkyl halides is 3. The van der Waals surface area contributed by atoms with Crippen molar-refractivity contribution in [3.05, 3.63) is 130 Å². The first-order chi connectivity index (χ1) is 19.3. The van der Waals surface area contributed by atoms with Gasteiger partial charge in [-0.05, 0) is 30.7 Å². The molecule has 0 atom stereocenters. The standard InChI is InChI=1S/C30H23F3N6O/c1-20-12-14-24(15-13-20)39-19-23(35-36-39)18-37-27-25(30(31,32)33)16-26(22-10-6-3-7-11-22)34-28(27)38(29(37)40)17-21-8-4-2-5-9-21/h2-16,19H,17-18H2,1H3. The lowest BCUT2D eigenvalue weighted by Gasteiger charge is -2.13. The van der Waals surface area contributed by atoms with Gasteiger partial charge in [0.2, 0.25) is 0 Å². The number of rotatable bonds is 6. The number of aromatic nitrogens is 6. The van der Waals surface area contributed by atoms with Gasteiger partial charge in [-0.1, -0.05) is 83.6 Å². The normalized spacial score (nSPS) is 11.8. The van der Waals surface area contributed by atoms with Crippen molar-refractivity contribution in [3.63, 3.8) is 0 Å². The Hall–Kier alpha value is -4.99. The molecule has 0 saturated heterocycles. The van der Waals surface area contributed by atoms with Crippen molar-refractivity contribution < 1.29 is 13.2 Å². The molecule has 40 heavy (non-hydrogen) atoms. The maximum absolute atomic E-state index is 14.6. The first-order valence-corrected chi connectivity index (χ1v) is 12.6. The molecule has 6 aromatic rings. The lowest BCUT2D eigenvalue weighted by Crippen LogP contribution is -2.25. The molecule has 0 amide bonds. The number of benzene rings is 3. The van der Waals surface area contributed by atoms with E-state index in [-0.39, 0.29) is 29.9 Å². The van der Waals surface area contributed by atoms with Gasteiger partial charge in [-0.25, -0.2) is 14.5 Å². The Kier molecular flexibility index (Phi) is 6.30. The quantitative estimate of drug-likeness (QED) is 0.265. The van der Waals surface area contributed by atoms with Crippen molar-refractivity contribution in [1.82, 2.24) is 29.1 Å². The summed E-state index contributed by atoms with van der Waals surface area (Å²) >= 11 is 0. The van der Waals surface area contributed by atoms with Gasteiger partial charge in [-0.2, -0.15) is 13.2 Å². The van der Waals surface area contributed by atoms with E-state index < -0.39 is 17.4 Å². The van der Waals surface area contributed by atoms with Crippen molar-refractivity contribution in [3.8, 4) is 16.9 Å². The lowest BCUT2D eigenvalue weighted by atomic mass is 10.1. The van der Waals surface area contributed by atoms with Crippen LogP contribution in [0, 0.1) is 6.92 Å². The molecule has 3 aromatic heterocycles. The predicted octanol–water partition coefficient (Wildman–Crippen LogP) is 5.87. The Balaban J connectivity index is 1.54. The molecule has 0 aliphatic heterocycles. The molecule has 10 heteroatoms. The van der Waals surface area contributed by atoms with Gasteiger partial charge < -0.3 is 0 Å². The van der Waals surface area contributed by atoms with E-state index in [0.717, 1.165) is 27.4 Å². The minimum absolute atomic E-state index is 0.0477. The molecule has 6 rings (SSSR count). The number of imidazole rings is 1. The molecule has 200 valence electrons. The van der Waals surface area contributed by atoms with E-state index in [1.807, 2.05) is 61.5 Å². The van der Waals surface area contributed by atoms with Crippen LogP contribution in [0.1, 0.15) is 22.4 Å². The molecule has 0 aliphatic carbocycles. The van der Waals surface area contributed by atoms with Gasteiger partial charge in [0, 0.05) is 5.56 Å². The highest BCUT2D eigenvalue weighted by Gasteiger charge is 2.37. The highest BCUT2D eigenvalue weighted by atomic mass is 19.4. The van der Waals surface area contributed by atoms with Crippen molar-refractivity contribution in [2.75, 3.05) is 0 Å². The Morgan fingerprint density at radius 1 is 0.825 bits per heavy atom. The smallest absolute Gasteiger partial charge is 0.284 e. The molecule has 0 saturated carbocycles. The summed E-state index contributed by atoms with van der Waals surface area (Å²) < 4.78 is 47.6. The number of hydrogen-bond donors (Lipinski definition) is 0. The average molecular weight is 541 g/mol. The van der Waals surface area contributed by atoms with E-state index in [0.29, 0.717) is 11.3 Å². The van der Waals surface area contributed by atoms with E-state index in [1.165, 1.54) is 9.25 Å². The van der Waals surface area contributed by atoms with Crippen LogP contribution in [0.5, 0.6) is 0 Å². The molecule has 3 aromatic carbocycles. The van der Waals surface area contributed by atoms with Crippen molar-refractivity contribution >= 4 is 11.2 Å². The first kappa shape index (κ1) is 25.3. The highest BCUT2D eigenvalue weighted by Crippen LogP contribution is 2.37. The summed E-state index contributed by atoms with van der Waals surface area (Å²) in [5, 5.41) is 8.28. The van der Waals surface area contributed by atoms with E-state index in [4.69, 9.17) is 0 Å². The van der Waals surface area contributed by atoms with Gasteiger partial charge in [0.15, 0.2) is 5.65 Å². The van der Waals surface area contributed by atoms with Crippen molar-refractivity contribution in [2.45, 2.75) is 26.2 Å². The first-order valence-electron chi connectivity index (χ1n) is 12.6. The lowest BCUT2D eigenvalue weighted by molar-refractivity contribution is -0.136. The molecule has 0 spiro atoms. The zero-order valence-electron chi connectivity index (χ0n) is 21.4. The maximum atomic E-state index is 14.6. The van der Waals surface area contributed by atoms with Crippen LogP contribution in [0.3, 0.4) is 0 Å². The number of nitrogens with zero attached hydrogens (tertiary/aromatic N) is 6. The van der Waals surface area contributed by atoms with Crippen molar-refractivity contribution in [1.29, 1.82) is 0 Å². The summed E-state index contributed by atoms with van der Waals surface area (Å²) in [7, 11) is 0. The van der Waals surface area contributed by atoms with Gasteiger partial charge >= 0.3 is 11.9 Å². The Labute approximate surface area is 226 Å². The Bertz CT molecular complexity index is 1850. The number of pyridine rings is 1. The molecule has 0 unspecified atom stereocenters. The molecule has 3 heterocycles. The van der Waals surface area contributed by atoms with Gasteiger partial charge in [0.25, 0.3) is 0 Å². The Morgan fingerprint density at radius 3 is 2.17 bits per heavy atom. The minimum atomic E-state index is -4.74. The number of aryl methyl sites for hydroxylation is 1. The van der Waals surface area contributed by atoms with Crippen LogP contribution in [-0.4, -0.2) is 29.1 Å². The minimum Gasteiger partial charge on any atom is -0.284 e. The zero-order valence-corrected chi connectivity index (χ0v) is 21.4. The number of fused-ring (bicyclic) bond motifs is 1. The van der Waals surface area contributed by atoms with E-state index in [9.17, 15) is 18.0 Å². The van der Waals surface area contributed by atoms with Crippen LogP contribution >= 0.6 is 0 Å². The van der Waals surface area contributed by atoms with Crippen LogP contribution in [0.4, 0.5) is 13.2 Å². The number of halogens is 3. The van der Waals surface area contributed by atoms with Gasteiger partial charge in [-0.15, -0.1) is 5.10 Å². The molecule has 0 aliphatic rings. The fourth-order valence-electron chi connectivity index (χ4n) is 4.70. The SMILES string of the molecule is Cc1ccc(-n2cc(Cn3c(=O)n(Cc4ccccc4)c4nc(-c5ccccc5)cc(C(F)(F)F)c43)nn2)cc1. The fourth-order valence-corrected chi connectivity index (χ4v) is 4.70. The summed E-state index contributed by atoms with van der Waals surface area (Å²) in [6.07, 6.45) is -3.13. The van der Waals surface area contributed by atoms with Gasteiger partial charge in [0.1, 0.15) is 11.2 Å². The van der Waals surface area contributed by atoms with E-state index >= 15 is 0 Å². The Morgan fingerprint density at radius 2 is 1.50 bits per heavy atom. The molecule has 0 N–H and O–H groups in total. The second kappa shape index (κ2) is 9.96. The monoisotopic (exact) mass is 540 g/mol. The van der Waals surface area contributed by atoms with Crippen molar-refractivity contribution in [2.24, 2.45) is 0 Å². The third kappa shape index (κ3) is 4.79. The largest absolute Gasteiger partial charge is 0.418 e. The average Bonchev–Trinajstić information content (AvgIpc) is 3.52. The van der Waals surface area contributed by atoms with Crippen LogP contribution in [0.15, 0.2) is 102 Å². The topological polar surface area (TPSA) is 70.5 Å². The second-order valence-corrected chi connectivity index (χ2v) is 9.52. The van der Waals surface area contributed by atoms with E-state index in [1.54, 1.807) is 36.5 Å². The van der Waals surface area contributed by atoms with Gasteiger partial charge in [0.05, 0.1) is 36.2 Å². The predicted molar refractivity (Wildman–Crippen MR) is 145 cm³/mol. The van der Waals surface area contributed by atoms with Crippen LogP contribution < -0.4 is 5.69 Å². The molecule has 0 fully saturated rings. The van der Waals surface area contributed by atoms with Crippen LogP contribution in [-0.2, 0) is 19.3 Å².